The third-order valence-corrected chi connectivity index (χ3v) is 9.50. The summed E-state index contributed by atoms with van der Waals surface area (Å²) < 4.78 is 13.0. The Bertz CT molecular complexity index is 1780. The lowest BCUT2D eigenvalue weighted by atomic mass is 10.1. The molecule has 7 nitrogen and oxygen atoms in total. The van der Waals surface area contributed by atoms with E-state index in [2.05, 4.69) is 187 Å². The van der Waals surface area contributed by atoms with Gasteiger partial charge in [0.05, 0.1) is 36.7 Å². The van der Waals surface area contributed by atoms with Crippen LogP contribution in [-0.2, 0) is 19.6 Å². The van der Waals surface area contributed by atoms with E-state index in [4.69, 9.17) is 0 Å². The molecule has 0 amide bonds. The quantitative estimate of drug-likeness (QED) is 0.121. The fraction of sp³-hybridized carbons (Fsp3) is 0.357. The summed E-state index contributed by atoms with van der Waals surface area (Å²) in [7, 11) is 0. The highest BCUT2D eigenvalue weighted by molar-refractivity contribution is 5.49. The lowest BCUT2D eigenvalue weighted by Crippen LogP contribution is -2.45. The molecule has 7 heteroatoms. The Morgan fingerprint density at radius 1 is 0.510 bits per heavy atom. The van der Waals surface area contributed by atoms with Gasteiger partial charge in [-0.15, -0.1) is 0 Å². The van der Waals surface area contributed by atoms with E-state index >= 15 is 0 Å². The topological polar surface area (TPSA) is 29.7 Å². The van der Waals surface area contributed by atoms with Gasteiger partial charge in [-0.05, 0) is 95.7 Å². The first-order valence-electron chi connectivity index (χ1n) is 17.4. The van der Waals surface area contributed by atoms with Gasteiger partial charge >= 0.3 is 0 Å². The molecular formula is C42H51N7. The fourth-order valence-electron chi connectivity index (χ4n) is 7.54. The van der Waals surface area contributed by atoms with E-state index in [1.54, 1.807) is 0 Å². The first-order valence-corrected chi connectivity index (χ1v) is 17.4. The number of rotatable bonds is 12. The van der Waals surface area contributed by atoms with Crippen molar-refractivity contribution in [3.8, 4) is 17.1 Å². The minimum atomic E-state index is 0.852. The summed E-state index contributed by atoms with van der Waals surface area (Å²) in [5.41, 5.74) is 15.1. The van der Waals surface area contributed by atoms with Gasteiger partial charge in [-0.25, -0.2) is 0 Å². The van der Waals surface area contributed by atoms with Crippen LogP contribution in [0.5, 0.6) is 0 Å². The van der Waals surface area contributed by atoms with Gasteiger partial charge in [0.15, 0.2) is 0 Å². The van der Waals surface area contributed by atoms with Crippen molar-refractivity contribution in [3.63, 3.8) is 0 Å². The molecule has 0 fully saturated rings. The average molecular weight is 654 g/mol. The number of aromatic nitrogens is 6. The average Bonchev–Trinajstić information content (AvgIpc) is 3.78. The molecule has 0 aliphatic heterocycles. The van der Waals surface area contributed by atoms with Gasteiger partial charge in [0.25, 0.3) is 0 Å². The van der Waals surface area contributed by atoms with Crippen molar-refractivity contribution in [3.05, 3.63) is 143 Å². The summed E-state index contributed by atoms with van der Waals surface area (Å²) in [6, 6.07) is 13.5. The van der Waals surface area contributed by atoms with Gasteiger partial charge in [-0.3, -0.25) is 4.90 Å². The first kappa shape index (κ1) is 34.1. The number of nitrogens with zero attached hydrogens (tertiary/aromatic N) is 7. The molecule has 254 valence electrons. The van der Waals surface area contributed by atoms with Gasteiger partial charge in [0, 0.05) is 56.8 Å². The van der Waals surface area contributed by atoms with Gasteiger partial charge in [0.2, 0.25) is 19.0 Å². The Kier molecular flexibility index (Phi) is 10.0. The molecule has 0 saturated heterocycles. The number of hydrogen-bond donors (Lipinski definition) is 0. The normalized spacial score (nSPS) is 11.6. The highest BCUT2D eigenvalue weighted by Gasteiger charge is 2.14. The molecular weight excluding hydrogens is 603 g/mol. The molecule has 6 aromatic rings. The largest absolute Gasteiger partial charge is 0.326 e. The Balaban J connectivity index is 1.17. The minimum absolute atomic E-state index is 0.852. The molecule has 0 saturated carbocycles. The number of imidazole rings is 3. The van der Waals surface area contributed by atoms with E-state index in [1.165, 1.54) is 67.1 Å². The smallest absolute Gasteiger partial charge is 0.243 e. The molecule has 0 bridgehead atoms. The van der Waals surface area contributed by atoms with Crippen molar-refractivity contribution in [1.82, 2.24) is 18.6 Å². The van der Waals surface area contributed by atoms with Gasteiger partial charge in [0.1, 0.15) is 0 Å². The van der Waals surface area contributed by atoms with Crippen molar-refractivity contribution >= 4 is 0 Å². The van der Waals surface area contributed by atoms with Crippen LogP contribution in [0, 0.1) is 81.3 Å². The maximum atomic E-state index is 3.58. The molecule has 0 N–H and O–H groups in total. The van der Waals surface area contributed by atoms with E-state index in [0.717, 1.165) is 39.3 Å². The fourth-order valence-corrected chi connectivity index (χ4v) is 7.54. The summed E-state index contributed by atoms with van der Waals surface area (Å²) in [6.07, 6.45) is 23.5. The van der Waals surface area contributed by atoms with Crippen LogP contribution in [0.2, 0.25) is 0 Å². The summed E-state index contributed by atoms with van der Waals surface area (Å²) in [5.74, 6) is 0. The highest BCUT2D eigenvalue weighted by Crippen LogP contribution is 2.21. The zero-order valence-electron chi connectivity index (χ0n) is 30.8. The van der Waals surface area contributed by atoms with Gasteiger partial charge in [-0.1, -0.05) is 53.1 Å². The first-order chi connectivity index (χ1) is 23.4. The molecule has 3 heterocycles. The van der Waals surface area contributed by atoms with Crippen LogP contribution in [0.1, 0.15) is 50.1 Å². The van der Waals surface area contributed by atoms with Crippen molar-refractivity contribution in [1.29, 1.82) is 0 Å². The number of benzene rings is 3. The van der Waals surface area contributed by atoms with Crippen LogP contribution in [0.15, 0.2) is 73.6 Å². The van der Waals surface area contributed by atoms with Crippen LogP contribution in [0.25, 0.3) is 17.1 Å². The minimum Gasteiger partial charge on any atom is -0.326 e. The van der Waals surface area contributed by atoms with Crippen LogP contribution >= 0.6 is 0 Å². The number of aryl methyl sites for hydroxylation is 9. The zero-order valence-corrected chi connectivity index (χ0v) is 30.8. The molecule has 0 radical (unpaired) electrons. The predicted molar refractivity (Wildman–Crippen MR) is 193 cm³/mol. The molecule has 0 unspecified atom stereocenters. The summed E-state index contributed by atoms with van der Waals surface area (Å²) >= 11 is 0. The Morgan fingerprint density at radius 2 is 0.939 bits per heavy atom. The maximum Gasteiger partial charge on any atom is 0.243 e. The Hall–Kier alpha value is -4.75. The van der Waals surface area contributed by atoms with Crippen LogP contribution in [-0.4, -0.2) is 38.2 Å². The predicted octanol–water partition coefficient (Wildman–Crippen LogP) is 5.80. The summed E-state index contributed by atoms with van der Waals surface area (Å²) in [5, 5.41) is 0. The lowest BCUT2D eigenvalue weighted by Gasteiger charge is -2.21. The summed E-state index contributed by atoms with van der Waals surface area (Å²) in [4.78, 5) is 2.54. The van der Waals surface area contributed by atoms with E-state index in [9.17, 15) is 0 Å². The second-order valence-corrected chi connectivity index (χ2v) is 14.0. The molecule has 0 aliphatic carbocycles. The number of hydrogen-bond acceptors (Lipinski definition) is 1. The monoisotopic (exact) mass is 653 g/mol. The van der Waals surface area contributed by atoms with E-state index in [0.29, 0.717) is 0 Å². The lowest BCUT2D eigenvalue weighted by molar-refractivity contribution is -0.704. The second-order valence-electron chi connectivity index (χ2n) is 14.0. The van der Waals surface area contributed by atoms with Crippen LogP contribution in [0.3, 0.4) is 0 Å². The standard InChI is InChI=1S/C42H51N7/c1-31-22-34(4)40(35(5)23-31)47-19-16-44(28-47)13-10-43(11-14-45-17-20-48(29-45)41-36(6)24-32(2)25-37(41)7)12-15-46-18-21-49(30-46)42-38(8)26-33(3)27-39(42)9/h16-27H,10-15H2,1-9H3. The zero-order chi connectivity index (χ0) is 34.8. The third kappa shape index (κ3) is 7.78. The van der Waals surface area contributed by atoms with Crippen molar-refractivity contribution in [2.75, 3.05) is 19.6 Å². The van der Waals surface area contributed by atoms with Crippen LogP contribution < -0.4 is 13.7 Å². The molecule has 0 spiro atoms. The van der Waals surface area contributed by atoms with Crippen LogP contribution in [0.4, 0.5) is 0 Å². The Morgan fingerprint density at radius 3 is 1.39 bits per heavy atom. The van der Waals surface area contributed by atoms with Crippen molar-refractivity contribution in [2.24, 2.45) is 0 Å². The third-order valence-electron chi connectivity index (χ3n) is 9.50. The molecule has 6 rings (SSSR count). The SMILES string of the molecule is Cc1cc(C)c(-n2[c-][n+](CCN(CCn3[c-][n+](-c4c(C)cc(C)cc4C)cc3)CC[n+]3[c-]n(-c4c(C)cc(C)cc4C)cc3)cc2)c(C)c1. The molecule has 0 atom stereocenters. The molecule has 3 aromatic carbocycles. The molecule has 49 heavy (non-hydrogen) atoms. The van der Waals surface area contributed by atoms with Gasteiger partial charge in [-0.2, -0.15) is 0 Å². The highest BCUT2D eigenvalue weighted by atomic mass is 15.2. The molecule has 0 aliphatic rings. The van der Waals surface area contributed by atoms with E-state index < -0.39 is 0 Å². The molecule has 3 aromatic heterocycles. The maximum absolute atomic E-state index is 3.58. The van der Waals surface area contributed by atoms with Crippen molar-refractivity contribution < 1.29 is 13.7 Å². The Labute approximate surface area is 292 Å². The second kappa shape index (κ2) is 14.4. The van der Waals surface area contributed by atoms with Gasteiger partial charge < -0.3 is 27.4 Å². The van der Waals surface area contributed by atoms with E-state index in [1.807, 2.05) is 0 Å². The summed E-state index contributed by atoms with van der Waals surface area (Å²) in [6.45, 7) is 24.8. The van der Waals surface area contributed by atoms with E-state index in [-0.39, 0.29) is 0 Å². The van der Waals surface area contributed by atoms with Crippen molar-refractivity contribution in [2.45, 2.75) is 81.9 Å².